The predicted octanol–water partition coefficient (Wildman–Crippen LogP) is 3.20. The van der Waals surface area contributed by atoms with E-state index in [1.54, 1.807) is 48.5 Å². The van der Waals surface area contributed by atoms with Crippen molar-refractivity contribution in [1.82, 2.24) is 9.29 Å². The monoisotopic (exact) mass is 384 g/mol. The zero-order valence-corrected chi connectivity index (χ0v) is 14.9. The van der Waals surface area contributed by atoms with Crippen molar-refractivity contribution in [2.24, 2.45) is 0 Å². The summed E-state index contributed by atoms with van der Waals surface area (Å²) in [5, 5.41) is 2.46. The lowest BCUT2D eigenvalue weighted by atomic mass is 10.1. The van der Waals surface area contributed by atoms with Gasteiger partial charge in [0, 0.05) is 11.6 Å². The summed E-state index contributed by atoms with van der Waals surface area (Å²) >= 11 is 0.823. The van der Waals surface area contributed by atoms with Crippen molar-refractivity contribution in [3.63, 3.8) is 0 Å². The molecule has 4 rings (SSSR count). The van der Waals surface area contributed by atoms with Gasteiger partial charge in [0.2, 0.25) is 0 Å². The van der Waals surface area contributed by atoms with Crippen molar-refractivity contribution in [1.29, 1.82) is 0 Å². The molecule has 0 unspecified atom stereocenters. The number of rotatable bonds is 3. The average Bonchev–Trinajstić information content (AvgIpc) is 3.20. The number of carbonyl (C=O) groups excluding carboxylic acids is 2. The van der Waals surface area contributed by atoms with Crippen molar-refractivity contribution >= 4 is 49.9 Å². The summed E-state index contributed by atoms with van der Waals surface area (Å²) in [5.41, 5.74) is 1.16. The van der Waals surface area contributed by atoms with Crippen LogP contribution in [0.5, 0.6) is 0 Å². The summed E-state index contributed by atoms with van der Waals surface area (Å²) in [7, 11) is -3.73. The third kappa shape index (κ3) is 2.73. The molecule has 0 bridgehead atoms. The van der Waals surface area contributed by atoms with Gasteiger partial charge in [0.1, 0.15) is 0 Å². The second-order valence-corrected chi connectivity index (χ2v) is 8.39. The molecule has 1 N–H and O–H groups in total. The Labute approximate surface area is 153 Å². The lowest BCUT2D eigenvalue weighted by molar-refractivity contribution is -0.115. The standard InChI is InChI=1S/C18H12N2O4S2/c21-17-16(25-18(22)19-17)11-12-5-4-8-15-14(12)9-10-20(15)26(23,24)13-6-2-1-3-7-13/h1-11H,(H,19,21,22)/b16-11-. The Morgan fingerprint density at radius 2 is 1.73 bits per heavy atom. The van der Waals surface area contributed by atoms with Crippen LogP contribution in [0, 0.1) is 0 Å². The van der Waals surface area contributed by atoms with Crippen LogP contribution in [0.25, 0.3) is 17.0 Å². The van der Waals surface area contributed by atoms with E-state index in [1.807, 2.05) is 0 Å². The van der Waals surface area contributed by atoms with E-state index in [9.17, 15) is 18.0 Å². The first-order valence-corrected chi connectivity index (χ1v) is 9.88. The van der Waals surface area contributed by atoms with Gasteiger partial charge < -0.3 is 0 Å². The van der Waals surface area contributed by atoms with Crippen molar-refractivity contribution in [2.45, 2.75) is 4.90 Å². The molecule has 2 heterocycles. The smallest absolute Gasteiger partial charge is 0.282 e. The number of hydrogen-bond acceptors (Lipinski definition) is 5. The number of nitrogens with one attached hydrogen (secondary N) is 1. The minimum atomic E-state index is -3.73. The Morgan fingerprint density at radius 1 is 0.962 bits per heavy atom. The van der Waals surface area contributed by atoms with E-state index < -0.39 is 21.2 Å². The van der Waals surface area contributed by atoms with Crippen molar-refractivity contribution in [2.75, 3.05) is 0 Å². The summed E-state index contributed by atoms with van der Waals surface area (Å²) in [5.74, 6) is -0.451. The molecule has 3 aromatic rings. The number of thioether (sulfide) groups is 1. The van der Waals surface area contributed by atoms with Gasteiger partial charge in [0.05, 0.1) is 15.3 Å². The summed E-state index contributed by atoms with van der Waals surface area (Å²) < 4.78 is 27.0. The molecule has 1 aliphatic heterocycles. The first kappa shape index (κ1) is 16.6. The fourth-order valence-corrected chi connectivity index (χ4v) is 4.81. The van der Waals surface area contributed by atoms with E-state index >= 15 is 0 Å². The zero-order chi connectivity index (χ0) is 18.3. The van der Waals surface area contributed by atoms with E-state index in [0.29, 0.717) is 16.5 Å². The zero-order valence-electron chi connectivity index (χ0n) is 13.2. The molecular weight excluding hydrogens is 372 g/mol. The van der Waals surface area contributed by atoms with E-state index in [1.165, 1.54) is 22.3 Å². The molecule has 1 aromatic heterocycles. The van der Waals surface area contributed by atoms with Crippen molar-refractivity contribution in [3.8, 4) is 0 Å². The summed E-state index contributed by atoms with van der Waals surface area (Å²) in [4.78, 5) is 23.5. The quantitative estimate of drug-likeness (QED) is 0.701. The van der Waals surface area contributed by atoms with Crippen LogP contribution in [0.4, 0.5) is 4.79 Å². The third-order valence-electron chi connectivity index (χ3n) is 3.96. The number of nitrogens with zero attached hydrogens (tertiary/aromatic N) is 1. The van der Waals surface area contributed by atoms with Crippen molar-refractivity contribution < 1.29 is 18.0 Å². The van der Waals surface area contributed by atoms with Gasteiger partial charge in [-0.05, 0) is 47.7 Å². The fourth-order valence-electron chi connectivity index (χ4n) is 2.77. The van der Waals surface area contributed by atoms with Crippen LogP contribution in [-0.2, 0) is 14.8 Å². The SMILES string of the molecule is O=C1NC(=O)/C(=C/c2cccc3c2ccn3S(=O)(=O)c2ccccc2)S1. The highest BCUT2D eigenvalue weighted by Crippen LogP contribution is 2.30. The Kier molecular flexibility index (Phi) is 3.93. The average molecular weight is 384 g/mol. The molecular formula is C18H12N2O4S2. The van der Waals surface area contributed by atoms with Crippen LogP contribution in [-0.4, -0.2) is 23.5 Å². The molecule has 1 fully saturated rings. The molecule has 6 nitrogen and oxygen atoms in total. The molecule has 0 saturated carbocycles. The molecule has 1 saturated heterocycles. The first-order valence-electron chi connectivity index (χ1n) is 7.62. The van der Waals surface area contributed by atoms with Crippen LogP contribution < -0.4 is 5.32 Å². The maximum absolute atomic E-state index is 12.9. The number of imide groups is 1. The molecule has 130 valence electrons. The van der Waals surface area contributed by atoms with Gasteiger partial charge in [0.25, 0.3) is 21.2 Å². The highest BCUT2D eigenvalue weighted by Gasteiger charge is 2.25. The highest BCUT2D eigenvalue weighted by molar-refractivity contribution is 8.18. The second kappa shape index (κ2) is 6.15. The number of benzene rings is 2. The van der Waals surface area contributed by atoms with Gasteiger partial charge in [-0.1, -0.05) is 30.3 Å². The van der Waals surface area contributed by atoms with Crippen LogP contribution >= 0.6 is 11.8 Å². The summed E-state index contributed by atoms with van der Waals surface area (Å²) in [6.45, 7) is 0. The molecule has 26 heavy (non-hydrogen) atoms. The van der Waals surface area contributed by atoms with Gasteiger partial charge in [-0.25, -0.2) is 12.4 Å². The molecule has 8 heteroatoms. The van der Waals surface area contributed by atoms with Gasteiger partial charge in [-0.3, -0.25) is 14.9 Å². The molecule has 1 aliphatic rings. The lowest BCUT2D eigenvalue weighted by Crippen LogP contribution is -2.17. The van der Waals surface area contributed by atoms with Crippen LogP contribution in [0.2, 0.25) is 0 Å². The molecule has 0 atom stereocenters. The Balaban J connectivity index is 1.85. The van der Waals surface area contributed by atoms with E-state index in [-0.39, 0.29) is 9.80 Å². The molecule has 2 amide bonds. The predicted molar refractivity (Wildman–Crippen MR) is 100 cm³/mol. The van der Waals surface area contributed by atoms with E-state index in [0.717, 1.165) is 11.8 Å². The number of amides is 2. The molecule has 0 spiro atoms. The maximum atomic E-state index is 12.9. The number of aromatic nitrogens is 1. The van der Waals surface area contributed by atoms with Crippen LogP contribution in [0.3, 0.4) is 0 Å². The minimum Gasteiger partial charge on any atom is -0.282 e. The first-order chi connectivity index (χ1) is 12.5. The summed E-state index contributed by atoms with van der Waals surface area (Å²) in [6.07, 6.45) is 3.08. The highest BCUT2D eigenvalue weighted by atomic mass is 32.2. The number of carbonyl (C=O) groups is 2. The maximum Gasteiger partial charge on any atom is 0.290 e. The van der Waals surface area contributed by atoms with E-state index in [2.05, 4.69) is 5.32 Å². The largest absolute Gasteiger partial charge is 0.290 e. The molecule has 0 aliphatic carbocycles. The minimum absolute atomic E-state index is 0.192. The van der Waals surface area contributed by atoms with Gasteiger partial charge >= 0.3 is 0 Å². The van der Waals surface area contributed by atoms with Gasteiger partial charge in [-0.15, -0.1) is 0 Å². The second-order valence-electron chi connectivity index (χ2n) is 5.56. The lowest BCUT2D eigenvalue weighted by Gasteiger charge is -2.08. The van der Waals surface area contributed by atoms with E-state index in [4.69, 9.17) is 0 Å². The number of fused-ring (bicyclic) bond motifs is 1. The Hall–Kier alpha value is -2.84. The number of hydrogen-bond donors (Lipinski definition) is 1. The fraction of sp³-hybridized carbons (Fsp3) is 0. The Bertz CT molecular complexity index is 1180. The Morgan fingerprint density at radius 3 is 2.42 bits per heavy atom. The van der Waals surface area contributed by atoms with Gasteiger partial charge in [-0.2, -0.15) is 0 Å². The molecule has 0 radical (unpaired) electrons. The summed E-state index contributed by atoms with van der Waals surface area (Å²) in [6, 6.07) is 15.0. The van der Waals surface area contributed by atoms with Crippen LogP contribution in [0.1, 0.15) is 5.56 Å². The van der Waals surface area contributed by atoms with Crippen molar-refractivity contribution in [3.05, 3.63) is 71.3 Å². The third-order valence-corrected chi connectivity index (χ3v) is 6.47. The molecule has 2 aromatic carbocycles. The van der Waals surface area contributed by atoms with Crippen LogP contribution in [0.15, 0.2) is 70.6 Å². The normalized spacial score (nSPS) is 16.4. The van der Waals surface area contributed by atoms with Gasteiger partial charge in [0.15, 0.2) is 0 Å². The topological polar surface area (TPSA) is 85.2 Å².